The molecule has 1 unspecified atom stereocenters. The second-order valence-corrected chi connectivity index (χ2v) is 4.93. The van der Waals surface area contributed by atoms with Gasteiger partial charge in [0.15, 0.2) is 0 Å². The lowest BCUT2D eigenvalue weighted by Gasteiger charge is -2.22. The van der Waals surface area contributed by atoms with E-state index in [1.54, 1.807) is 12.1 Å². The second kappa shape index (κ2) is 5.51. The van der Waals surface area contributed by atoms with Crippen LogP contribution in [0.25, 0.3) is 0 Å². The summed E-state index contributed by atoms with van der Waals surface area (Å²) in [6.45, 7) is 6.11. The Labute approximate surface area is 113 Å². The molecule has 0 heterocycles. The zero-order valence-electron chi connectivity index (χ0n) is 11.5. The molecule has 0 aromatic heterocycles. The molecule has 0 spiro atoms. The number of hydrazine groups is 1. The molecule has 19 heavy (non-hydrogen) atoms. The van der Waals surface area contributed by atoms with E-state index in [4.69, 9.17) is 5.84 Å². The van der Waals surface area contributed by atoms with Gasteiger partial charge in [0.05, 0.1) is 6.04 Å². The van der Waals surface area contributed by atoms with Crippen molar-refractivity contribution in [1.29, 1.82) is 0 Å². The van der Waals surface area contributed by atoms with E-state index in [0.29, 0.717) is 5.56 Å². The molecule has 0 amide bonds. The maximum Gasteiger partial charge on any atom is 0.128 e. The molecule has 0 saturated heterocycles. The minimum absolute atomic E-state index is 0.246. The van der Waals surface area contributed by atoms with Gasteiger partial charge in [-0.25, -0.2) is 9.82 Å². The van der Waals surface area contributed by atoms with E-state index < -0.39 is 0 Å². The van der Waals surface area contributed by atoms with Gasteiger partial charge in [-0.1, -0.05) is 35.9 Å². The Bertz CT molecular complexity index is 570. The molecule has 1 atom stereocenters. The number of halogens is 1. The lowest BCUT2D eigenvalue weighted by atomic mass is 9.90. The highest BCUT2D eigenvalue weighted by Gasteiger charge is 2.20. The first-order valence-corrected chi connectivity index (χ1v) is 6.33. The van der Waals surface area contributed by atoms with Crippen LogP contribution in [0.5, 0.6) is 0 Å². The second-order valence-electron chi connectivity index (χ2n) is 4.93. The van der Waals surface area contributed by atoms with Gasteiger partial charge in [0, 0.05) is 5.56 Å². The Balaban J connectivity index is 2.58. The molecule has 2 rings (SSSR count). The van der Waals surface area contributed by atoms with Crippen LogP contribution in [0.2, 0.25) is 0 Å². The Morgan fingerprint density at radius 3 is 2.16 bits per heavy atom. The number of nitrogens with one attached hydrogen (secondary N) is 1. The van der Waals surface area contributed by atoms with Crippen LogP contribution in [-0.2, 0) is 0 Å². The third kappa shape index (κ3) is 2.67. The number of hydrogen-bond donors (Lipinski definition) is 2. The average molecular weight is 258 g/mol. The van der Waals surface area contributed by atoms with Crippen LogP contribution in [0.1, 0.15) is 33.9 Å². The highest BCUT2D eigenvalue weighted by molar-refractivity contribution is 5.44. The van der Waals surface area contributed by atoms with E-state index in [-0.39, 0.29) is 11.9 Å². The predicted molar refractivity (Wildman–Crippen MR) is 76.2 cm³/mol. The number of hydrogen-bond acceptors (Lipinski definition) is 2. The van der Waals surface area contributed by atoms with Crippen molar-refractivity contribution in [2.75, 3.05) is 0 Å². The monoisotopic (exact) mass is 258 g/mol. The molecular weight excluding hydrogens is 239 g/mol. The first-order chi connectivity index (χ1) is 9.04. The predicted octanol–water partition coefficient (Wildman–Crippen LogP) is 3.30. The molecule has 3 N–H and O–H groups in total. The SMILES string of the molecule is Cc1cc(C)c(C(NN)c2ccccc2F)c(C)c1. The van der Waals surface area contributed by atoms with Crippen LogP contribution in [-0.4, -0.2) is 0 Å². The summed E-state index contributed by atoms with van der Waals surface area (Å²) in [5.74, 6) is 5.42. The van der Waals surface area contributed by atoms with Gasteiger partial charge >= 0.3 is 0 Å². The molecule has 2 nitrogen and oxygen atoms in total. The van der Waals surface area contributed by atoms with Crippen molar-refractivity contribution in [3.63, 3.8) is 0 Å². The fourth-order valence-corrected chi connectivity index (χ4v) is 2.68. The summed E-state index contributed by atoms with van der Waals surface area (Å²) in [4.78, 5) is 0. The summed E-state index contributed by atoms with van der Waals surface area (Å²) >= 11 is 0. The Morgan fingerprint density at radius 1 is 1.05 bits per heavy atom. The van der Waals surface area contributed by atoms with Crippen LogP contribution in [0.15, 0.2) is 36.4 Å². The van der Waals surface area contributed by atoms with Gasteiger partial charge in [-0.15, -0.1) is 0 Å². The Hall–Kier alpha value is -1.71. The Morgan fingerprint density at radius 2 is 1.63 bits per heavy atom. The highest BCUT2D eigenvalue weighted by atomic mass is 19.1. The zero-order chi connectivity index (χ0) is 14.0. The quantitative estimate of drug-likeness (QED) is 0.655. The van der Waals surface area contributed by atoms with Crippen molar-refractivity contribution in [3.8, 4) is 0 Å². The zero-order valence-corrected chi connectivity index (χ0v) is 11.5. The van der Waals surface area contributed by atoms with Crippen LogP contribution in [0.3, 0.4) is 0 Å². The molecule has 0 aliphatic heterocycles. The average Bonchev–Trinajstić information content (AvgIpc) is 2.34. The highest BCUT2D eigenvalue weighted by Crippen LogP contribution is 2.29. The van der Waals surface area contributed by atoms with Crippen LogP contribution < -0.4 is 11.3 Å². The van der Waals surface area contributed by atoms with Gasteiger partial charge < -0.3 is 0 Å². The molecule has 100 valence electrons. The van der Waals surface area contributed by atoms with E-state index in [1.165, 1.54) is 11.6 Å². The van der Waals surface area contributed by atoms with Gasteiger partial charge in [-0.3, -0.25) is 5.84 Å². The fraction of sp³-hybridized carbons (Fsp3) is 0.250. The lowest BCUT2D eigenvalue weighted by Crippen LogP contribution is -2.30. The van der Waals surface area contributed by atoms with Gasteiger partial charge in [0.2, 0.25) is 0 Å². The van der Waals surface area contributed by atoms with E-state index in [1.807, 2.05) is 19.9 Å². The summed E-state index contributed by atoms with van der Waals surface area (Å²) in [5.41, 5.74) is 7.77. The summed E-state index contributed by atoms with van der Waals surface area (Å²) in [7, 11) is 0. The number of rotatable bonds is 3. The van der Waals surface area contributed by atoms with Gasteiger partial charge in [0.25, 0.3) is 0 Å². The number of nitrogens with two attached hydrogens (primary N) is 1. The molecule has 0 aliphatic carbocycles. The lowest BCUT2D eigenvalue weighted by molar-refractivity contribution is 0.557. The molecule has 0 bridgehead atoms. The third-order valence-corrected chi connectivity index (χ3v) is 3.41. The molecule has 0 radical (unpaired) electrons. The maximum atomic E-state index is 14.0. The molecule has 2 aromatic carbocycles. The first-order valence-electron chi connectivity index (χ1n) is 6.33. The smallest absolute Gasteiger partial charge is 0.128 e. The van der Waals surface area contributed by atoms with Gasteiger partial charge in [-0.05, 0) is 43.5 Å². The molecule has 0 aliphatic rings. The normalized spacial score (nSPS) is 12.5. The number of aryl methyl sites for hydroxylation is 3. The van der Waals surface area contributed by atoms with Crippen LogP contribution in [0.4, 0.5) is 4.39 Å². The van der Waals surface area contributed by atoms with Gasteiger partial charge in [-0.2, -0.15) is 0 Å². The molecular formula is C16H19FN2. The fourth-order valence-electron chi connectivity index (χ4n) is 2.68. The minimum Gasteiger partial charge on any atom is -0.271 e. The third-order valence-electron chi connectivity index (χ3n) is 3.41. The molecule has 0 saturated carbocycles. The van der Waals surface area contributed by atoms with Crippen molar-refractivity contribution in [2.45, 2.75) is 26.8 Å². The van der Waals surface area contributed by atoms with Crippen molar-refractivity contribution < 1.29 is 4.39 Å². The van der Waals surface area contributed by atoms with E-state index in [2.05, 4.69) is 24.5 Å². The maximum absolute atomic E-state index is 14.0. The van der Waals surface area contributed by atoms with E-state index in [0.717, 1.165) is 16.7 Å². The standard InChI is InChI=1S/C16H19FN2/c1-10-8-11(2)15(12(3)9-10)16(19-18)13-6-4-5-7-14(13)17/h4-9,16,19H,18H2,1-3H3. The van der Waals surface area contributed by atoms with E-state index >= 15 is 0 Å². The number of benzene rings is 2. The van der Waals surface area contributed by atoms with E-state index in [9.17, 15) is 4.39 Å². The topological polar surface area (TPSA) is 38.0 Å². The largest absolute Gasteiger partial charge is 0.271 e. The first kappa shape index (κ1) is 13.7. The van der Waals surface area contributed by atoms with Gasteiger partial charge in [0.1, 0.15) is 5.82 Å². The Kier molecular flexibility index (Phi) is 3.98. The van der Waals surface area contributed by atoms with Crippen molar-refractivity contribution in [2.24, 2.45) is 5.84 Å². The molecule has 2 aromatic rings. The van der Waals surface area contributed by atoms with Crippen molar-refractivity contribution in [3.05, 3.63) is 70.0 Å². The van der Waals surface area contributed by atoms with Crippen molar-refractivity contribution in [1.82, 2.24) is 5.43 Å². The van der Waals surface area contributed by atoms with Crippen LogP contribution in [0, 0.1) is 26.6 Å². The summed E-state index contributed by atoms with van der Waals surface area (Å²) in [5, 5.41) is 0. The summed E-state index contributed by atoms with van der Waals surface area (Å²) in [6, 6.07) is 10.6. The van der Waals surface area contributed by atoms with Crippen LogP contribution >= 0.6 is 0 Å². The molecule has 3 heteroatoms. The van der Waals surface area contributed by atoms with Crippen molar-refractivity contribution >= 4 is 0 Å². The summed E-state index contributed by atoms with van der Waals surface area (Å²) in [6.07, 6.45) is 0. The molecule has 0 fully saturated rings. The minimum atomic E-state index is -0.332. The summed E-state index contributed by atoms with van der Waals surface area (Å²) < 4.78 is 14.0.